The molecule has 0 bridgehead atoms. The van der Waals surface area contributed by atoms with Gasteiger partial charge in [-0.2, -0.15) is 10.2 Å². The molecule has 0 aliphatic carbocycles. The summed E-state index contributed by atoms with van der Waals surface area (Å²) in [6.07, 6.45) is 0. The van der Waals surface area contributed by atoms with Crippen LogP contribution in [-0.4, -0.2) is 9.97 Å². The maximum absolute atomic E-state index is 13.5. The lowest BCUT2D eigenvalue weighted by Gasteiger charge is -2.06. The standard InChI is InChI=1S/C11H6ClFN4O/c12-9-4-10(17-11(15)16-9)18-8-2-1-6(5-14)3-7(8)13/h1-4H,(H2,15,16,17). The molecule has 2 rings (SSSR count). The Hall–Kier alpha value is -2.39. The molecule has 7 heteroatoms. The van der Waals surface area contributed by atoms with Gasteiger partial charge in [-0.1, -0.05) is 11.6 Å². The number of nitriles is 1. The van der Waals surface area contributed by atoms with Gasteiger partial charge in [0.2, 0.25) is 11.8 Å². The Kier molecular flexibility index (Phi) is 3.26. The van der Waals surface area contributed by atoms with Crippen molar-refractivity contribution in [3.8, 4) is 17.7 Å². The summed E-state index contributed by atoms with van der Waals surface area (Å²) >= 11 is 5.66. The van der Waals surface area contributed by atoms with Gasteiger partial charge in [0.05, 0.1) is 11.6 Å². The first-order valence-corrected chi connectivity index (χ1v) is 5.14. The van der Waals surface area contributed by atoms with Crippen molar-refractivity contribution in [1.82, 2.24) is 9.97 Å². The minimum absolute atomic E-state index is 0.0242. The third-order valence-electron chi connectivity index (χ3n) is 1.96. The number of nitrogens with zero attached hydrogens (tertiary/aromatic N) is 3. The highest BCUT2D eigenvalue weighted by Crippen LogP contribution is 2.25. The van der Waals surface area contributed by atoms with E-state index in [1.54, 1.807) is 0 Å². The lowest BCUT2D eigenvalue weighted by atomic mass is 10.2. The fraction of sp³-hybridized carbons (Fsp3) is 0. The second-order valence-corrected chi connectivity index (χ2v) is 3.63. The molecule has 0 radical (unpaired) electrons. The van der Waals surface area contributed by atoms with E-state index in [0.29, 0.717) is 0 Å². The van der Waals surface area contributed by atoms with E-state index >= 15 is 0 Å². The van der Waals surface area contributed by atoms with Crippen molar-refractivity contribution in [1.29, 1.82) is 5.26 Å². The van der Waals surface area contributed by atoms with E-state index < -0.39 is 5.82 Å². The van der Waals surface area contributed by atoms with Crippen LogP contribution in [0.4, 0.5) is 10.3 Å². The quantitative estimate of drug-likeness (QED) is 0.843. The Labute approximate surface area is 107 Å². The van der Waals surface area contributed by atoms with Gasteiger partial charge in [-0.25, -0.2) is 9.37 Å². The summed E-state index contributed by atoms with van der Waals surface area (Å²) in [5.41, 5.74) is 5.57. The zero-order valence-electron chi connectivity index (χ0n) is 8.89. The Balaban J connectivity index is 2.31. The topological polar surface area (TPSA) is 84.8 Å². The smallest absolute Gasteiger partial charge is 0.225 e. The van der Waals surface area contributed by atoms with E-state index in [4.69, 9.17) is 27.3 Å². The molecule has 90 valence electrons. The van der Waals surface area contributed by atoms with E-state index in [1.165, 1.54) is 18.2 Å². The van der Waals surface area contributed by atoms with Gasteiger partial charge in [-0.3, -0.25) is 0 Å². The van der Waals surface area contributed by atoms with Crippen molar-refractivity contribution >= 4 is 17.5 Å². The molecule has 0 spiro atoms. The number of anilines is 1. The number of halogens is 2. The average molecular weight is 265 g/mol. The molecule has 0 saturated carbocycles. The van der Waals surface area contributed by atoms with Crippen LogP contribution in [0.15, 0.2) is 24.3 Å². The number of rotatable bonds is 2. The molecule has 0 aliphatic heterocycles. The first-order chi connectivity index (χ1) is 8.58. The summed E-state index contributed by atoms with van der Waals surface area (Å²) < 4.78 is 18.7. The molecule has 2 N–H and O–H groups in total. The maximum Gasteiger partial charge on any atom is 0.225 e. The zero-order valence-corrected chi connectivity index (χ0v) is 9.65. The highest BCUT2D eigenvalue weighted by atomic mass is 35.5. The summed E-state index contributed by atoms with van der Waals surface area (Å²) in [4.78, 5) is 7.38. The number of hydrogen-bond acceptors (Lipinski definition) is 5. The third-order valence-corrected chi connectivity index (χ3v) is 2.16. The van der Waals surface area contributed by atoms with E-state index in [1.807, 2.05) is 6.07 Å². The average Bonchev–Trinajstić information content (AvgIpc) is 2.30. The zero-order chi connectivity index (χ0) is 13.1. The Morgan fingerprint density at radius 3 is 2.72 bits per heavy atom. The Morgan fingerprint density at radius 1 is 1.33 bits per heavy atom. The monoisotopic (exact) mass is 264 g/mol. The number of benzene rings is 1. The van der Waals surface area contributed by atoms with Gasteiger partial charge in [-0.05, 0) is 18.2 Å². The van der Waals surface area contributed by atoms with Gasteiger partial charge in [0.15, 0.2) is 11.6 Å². The predicted molar refractivity (Wildman–Crippen MR) is 62.6 cm³/mol. The predicted octanol–water partition coefficient (Wildman–Crippen LogP) is 2.52. The molecule has 0 aliphatic rings. The van der Waals surface area contributed by atoms with Crippen LogP contribution in [0.3, 0.4) is 0 Å². The molecule has 0 fully saturated rings. The van der Waals surface area contributed by atoms with Crippen LogP contribution in [0.2, 0.25) is 5.15 Å². The molecule has 18 heavy (non-hydrogen) atoms. The summed E-state index contributed by atoms with van der Waals surface area (Å²) in [5, 5.41) is 8.69. The normalized spacial score (nSPS) is 9.83. The van der Waals surface area contributed by atoms with Gasteiger partial charge in [0, 0.05) is 6.07 Å². The van der Waals surface area contributed by atoms with Crippen molar-refractivity contribution in [3.63, 3.8) is 0 Å². The SMILES string of the molecule is N#Cc1ccc(Oc2cc(Cl)nc(N)n2)c(F)c1. The highest BCUT2D eigenvalue weighted by Gasteiger charge is 2.08. The van der Waals surface area contributed by atoms with Crippen molar-refractivity contribution in [3.05, 3.63) is 40.8 Å². The van der Waals surface area contributed by atoms with Crippen LogP contribution >= 0.6 is 11.6 Å². The molecule has 5 nitrogen and oxygen atoms in total. The van der Waals surface area contributed by atoms with Crippen LogP contribution in [0.5, 0.6) is 11.6 Å². The molecular weight excluding hydrogens is 259 g/mol. The number of nitrogens with two attached hydrogens (primary N) is 1. The fourth-order valence-electron chi connectivity index (χ4n) is 1.23. The van der Waals surface area contributed by atoms with Gasteiger partial charge in [-0.15, -0.1) is 0 Å². The molecule has 1 heterocycles. The van der Waals surface area contributed by atoms with Crippen LogP contribution in [0, 0.1) is 17.1 Å². The lowest BCUT2D eigenvalue weighted by molar-refractivity contribution is 0.427. The lowest BCUT2D eigenvalue weighted by Crippen LogP contribution is -1.98. The van der Waals surface area contributed by atoms with Crippen molar-refractivity contribution in [2.75, 3.05) is 5.73 Å². The molecule has 0 unspecified atom stereocenters. The minimum Gasteiger partial charge on any atom is -0.436 e. The second-order valence-electron chi connectivity index (χ2n) is 3.25. The summed E-state index contributed by atoms with van der Waals surface area (Å²) in [6, 6.07) is 6.91. The van der Waals surface area contributed by atoms with Crippen LogP contribution in [0.25, 0.3) is 0 Å². The highest BCUT2D eigenvalue weighted by molar-refractivity contribution is 6.29. The number of hydrogen-bond donors (Lipinski definition) is 1. The van der Waals surface area contributed by atoms with E-state index in [-0.39, 0.29) is 28.3 Å². The second kappa shape index (κ2) is 4.85. The van der Waals surface area contributed by atoms with Gasteiger partial charge < -0.3 is 10.5 Å². The third kappa shape index (κ3) is 2.64. The number of aromatic nitrogens is 2. The molecule has 1 aromatic carbocycles. The molecule has 1 aromatic heterocycles. The van der Waals surface area contributed by atoms with E-state index in [0.717, 1.165) is 6.07 Å². The molecular formula is C11H6ClFN4O. The largest absolute Gasteiger partial charge is 0.436 e. The van der Waals surface area contributed by atoms with Crippen molar-refractivity contribution < 1.29 is 9.13 Å². The molecule has 0 saturated heterocycles. The Morgan fingerprint density at radius 2 is 2.11 bits per heavy atom. The minimum atomic E-state index is -0.678. The summed E-state index contributed by atoms with van der Waals surface area (Å²) in [6.45, 7) is 0. The van der Waals surface area contributed by atoms with Crippen molar-refractivity contribution in [2.24, 2.45) is 0 Å². The number of nitrogen functional groups attached to an aromatic ring is 1. The van der Waals surface area contributed by atoms with Gasteiger partial charge in [0.1, 0.15) is 5.15 Å². The van der Waals surface area contributed by atoms with Gasteiger partial charge >= 0.3 is 0 Å². The van der Waals surface area contributed by atoms with Crippen LogP contribution in [-0.2, 0) is 0 Å². The first-order valence-electron chi connectivity index (χ1n) is 4.76. The van der Waals surface area contributed by atoms with E-state index in [2.05, 4.69) is 9.97 Å². The summed E-state index contributed by atoms with van der Waals surface area (Å²) in [5.74, 6) is -0.812. The molecule has 2 aromatic rings. The van der Waals surface area contributed by atoms with Crippen LogP contribution < -0.4 is 10.5 Å². The number of ether oxygens (including phenoxy) is 1. The fourth-order valence-corrected chi connectivity index (χ4v) is 1.41. The van der Waals surface area contributed by atoms with Crippen molar-refractivity contribution in [2.45, 2.75) is 0 Å². The maximum atomic E-state index is 13.5. The molecule has 0 atom stereocenters. The van der Waals surface area contributed by atoms with Gasteiger partial charge in [0.25, 0.3) is 0 Å². The first kappa shape index (κ1) is 12.1. The van der Waals surface area contributed by atoms with E-state index in [9.17, 15) is 4.39 Å². The Bertz CT molecular complexity index is 621. The molecule has 0 amide bonds. The van der Waals surface area contributed by atoms with Crippen LogP contribution in [0.1, 0.15) is 5.56 Å². The summed E-state index contributed by atoms with van der Waals surface area (Å²) in [7, 11) is 0.